The Labute approximate surface area is 138 Å². The highest BCUT2D eigenvalue weighted by Crippen LogP contribution is 2.16. The molecule has 1 aromatic rings. The van der Waals surface area contributed by atoms with Gasteiger partial charge in [-0.15, -0.1) is 0 Å². The zero-order valence-electron chi connectivity index (χ0n) is 14.2. The first-order chi connectivity index (χ1) is 11.3. The van der Waals surface area contributed by atoms with E-state index >= 15 is 0 Å². The molecule has 5 heteroatoms. The number of amides is 1. The number of nitrogens with zero attached hydrogens (tertiary/aromatic N) is 4. The molecule has 1 saturated heterocycles. The molecule has 1 aromatic heterocycles. The average molecular weight is 316 g/mol. The fourth-order valence-corrected chi connectivity index (χ4v) is 3.48. The Morgan fingerprint density at radius 3 is 2.83 bits per heavy atom. The van der Waals surface area contributed by atoms with Gasteiger partial charge in [0.2, 0.25) is 5.91 Å². The van der Waals surface area contributed by atoms with Gasteiger partial charge in [-0.1, -0.05) is 12.2 Å². The summed E-state index contributed by atoms with van der Waals surface area (Å²) in [6.07, 6.45) is 9.14. The SMILES string of the molecule is C/C=C/CN1CCCn2nc(CCC(=O)N3CCCC3)cc2C1. The van der Waals surface area contributed by atoms with Crippen molar-refractivity contribution >= 4 is 5.91 Å². The Balaban J connectivity index is 1.57. The van der Waals surface area contributed by atoms with E-state index in [-0.39, 0.29) is 0 Å². The lowest BCUT2D eigenvalue weighted by Gasteiger charge is -2.16. The monoisotopic (exact) mass is 316 g/mol. The first-order valence-corrected chi connectivity index (χ1v) is 8.93. The standard InChI is InChI=1S/C18H28N4O/c1-2-3-9-20-10-6-13-22-17(15-20)14-16(19-22)7-8-18(23)21-11-4-5-12-21/h2-3,14H,4-13,15H2,1H3/b3-2+. The molecule has 1 fully saturated rings. The van der Waals surface area contributed by atoms with Gasteiger partial charge in [0.1, 0.15) is 0 Å². The third kappa shape index (κ3) is 4.22. The topological polar surface area (TPSA) is 41.4 Å². The fraction of sp³-hybridized carbons (Fsp3) is 0.667. The molecule has 2 aliphatic heterocycles. The summed E-state index contributed by atoms with van der Waals surface area (Å²) in [6, 6.07) is 2.20. The number of hydrogen-bond acceptors (Lipinski definition) is 3. The van der Waals surface area contributed by atoms with E-state index in [0.717, 1.165) is 70.6 Å². The van der Waals surface area contributed by atoms with Crippen LogP contribution < -0.4 is 0 Å². The normalized spacial score (nSPS) is 19.3. The van der Waals surface area contributed by atoms with Gasteiger partial charge in [-0.05, 0) is 32.3 Å². The second-order valence-electron chi connectivity index (χ2n) is 6.60. The highest BCUT2D eigenvalue weighted by Gasteiger charge is 2.19. The van der Waals surface area contributed by atoms with E-state index in [1.807, 2.05) is 4.90 Å². The number of carbonyl (C=O) groups excluding carboxylic acids is 1. The molecule has 0 N–H and O–H groups in total. The van der Waals surface area contributed by atoms with Crippen LogP contribution in [0.5, 0.6) is 0 Å². The smallest absolute Gasteiger partial charge is 0.222 e. The van der Waals surface area contributed by atoms with Gasteiger partial charge in [0.15, 0.2) is 0 Å². The van der Waals surface area contributed by atoms with Crippen LogP contribution in [-0.4, -0.2) is 51.7 Å². The van der Waals surface area contributed by atoms with Crippen molar-refractivity contribution in [2.24, 2.45) is 0 Å². The second-order valence-corrected chi connectivity index (χ2v) is 6.60. The summed E-state index contributed by atoms with van der Waals surface area (Å²) in [6.45, 7) is 8.02. The van der Waals surface area contributed by atoms with E-state index in [1.54, 1.807) is 0 Å². The minimum Gasteiger partial charge on any atom is -0.343 e. The number of aromatic nitrogens is 2. The quantitative estimate of drug-likeness (QED) is 0.782. The van der Waals surface area contributed by atoms with Gasteiger partial charge in [-0.25, -0.2) is 0 Å². The third-order valence-electron chi connectivity index (χ3n) is 4.80. The van der Waals surface area contributed by atoms with Gasteiger partial charge < -0.3 is 4.90 Å². The molecule has 3 heterocycles. The minimum absolute atomic E-state index is 0.292. The summed E-state index contributed by atoms with van der Waals surface area (Å²) in [5.41, 5.74) is 2.36. The molecule has 0 spiro atoms. The van der Waals surface area contributed by atoms with Crippen LogP contribution in [-0.2, 0) is 24.3 Å². The third-order valence-corrected chi connectivity index (χ3v) is 4.80. The zero-order valence-corrected chi connectivity index (χ0v) is 14.2. The Hall–Kier alpha value is -1.62. The Bertz CT molecular complexity index is 557. The Morgan fingerprint density at radius 2 is 2.04 bits per heavy atom. The van der Waals surface area contributed by atoms with Crippen LogP contribution in [0.3, 0.4) is 0 Å². The van der Waals surface area contributed by atoms with Gasteiger partial charge in [0.05, 0.1) is 11.4 Å². The van der Waals surface area contributed by atoms with Gasteiger partial charge in [-0.3, -0.25) is 14.4 Å². The second kappa shape index (κ2) is 7.77. The van der Waals surface area contributed by atoms with Crippen molar-refractivity contribution in [3.05, 3.63) is 29.6 Å². The molecule has 0 atom stereocenters. The zero-order chi connectivity index (χ0) is 16.1. The number of carbonyl (C=O) groups is 1. The van der Waals surface area contributed by atoms with Gasteiger partial charge >= 0.3 is 0 Å². The van der Waals surface area contributed by atoms with E-state index in [9.17, 15) is 4.79 Å². The van der Waals surface area contributed by atoms with Crippen molar-refractivity contribution < 1.29 is 4.79 Å². The summed E-state index contributed by atoms with van der Waals surface area (Å²) in [5.74, 6) is 0.292. The molecule has 0 aromatic carbocycles. The molecule has 3 rings (SSSR count). The van der Waals surface area contributed by atoms with Crippen LogP contribution in [0.25, 0.3) is 0 Å². The maximum atomic E-state index is 12.2. The molecule has 126 valence electrons. The van der Waals surface area contributed by atoms with E-state index in [1.165, 1.54) is 5.69 Å². The van der Waals surface area contributed by atoms with Gasteiger partial charge in [0, 0.05) is 52.1 Å². The lowest BCUT2D eigenvalue weighted by atomic mass is 10.2. The molecule has 2 aliphatic rings. The lowest BCUT2D eigenvalue weighted by Crippen LogP contribution is -2.27. The Morgan fingerprint density at radius 1 is 1.22 bits per heavy atom. The number of fused-ring (bicyclic) bond motifs is 1. The first-order valence-electron chi connectivity index (χ1n) is 8.93. The van der Waals surface area contributed by atoms with Gasteiger partial charge in [0.25, 0.3) is 0 Å². The van der Waals surface area contributed by atoms with Crippen LogP contribution in [0.2, 0.25) is 0 Å². The van der Waals surface area contributed by atoms with Crippen molar-refractivity contribution in [2.45, 2.75) is 52.1 Å². The summed E-state index contributed by atoms with van der Waals surface area (Å²) in [7, 11) is 0. The van der Waals surface area contributed by atoms with Crippen LogP contribution >= 0.6 is 0 Å². The van der Waals surface area contributed by atoms with Crippen LogP contribution in [0, 0.1) is 0 Å². The van der Waals surface area contributed by atoms with Crippen molar-refractivity contribution in [1.29, 1.82) is 0 Å². The predicted molar refractivity (Wildman–Crippen MR) is 91.1 cm³/mol. The molecule has 1 amide bonds. The largest absolute Gasteiger partial charge is 0.343 e. The van der Waals surface area contributed by atoms with Crippen LogP contribution in [0.15, 0.2) is 18.2 Å². The van der Waals surface area contributed by atoms with Crippen LogP contribution in [0.1, 0.15) is 44.0 Å². The maximum Gasteiger partial charge on any atom is 0.222 e. The van der Waals surface area contributed by atoms with E-state index in [2.05, 4.69) is 34.7 Å². The van der Waals surface area contributed by atoms with Crippen molar-refractivity contribution in [3.63, 3.8) is 0 Å². The number of aryl methyl sites for hydroxylation is 2. The molecule has 23 heavy (non-hydrogen) atoms. The molecule has 0 saturated carbocycles. The fourth-order valence-electron chi connectivity index (χ4n) is 3.48. The summed E-state index contributed by atoms with van der Waals surface area (Å²) >= 11 is 0. The lowest BCUT2D eigenvalue weighted by molar-refractivity contribution is -0.130. The molecular formula is C18H28N4O. The highest BCUT2D eigenvalue weighted by molar-refractivity contribution is 5.76. The number of rotatable bonds is 5. The number of likely N-dealkylation sites (tertiary alicyclic amines) is 1. The summed E-state index contributed by atoms with van der Waals surface area (Å²) in [5, 5.41) is 4.73. The highest BCUT2D eigenvalue weighted by atomic mass is 16.2. The van der Waals surface area contributed by atoms with E-state index in [0.29, 0.717) is 12.3 Å². The molecule has 0 unspecified atom stereocenters. The minimum atomic E-state index is 0.292. The number of allylic oxidation sites excluding steroid dienone is 1. The average Bonchev–Trinajstić information content (AvgIpc) is 3.17. The van der Waals surface area contributed by atoms with Crippen molar-refractivity contribution in [2.75, 3.05) is 26.2 Å². The van der Waals surface area contributed by atoms with Crippen molar-refractivity contribution in [3.8, 4) is 0 Å². The van der Waals surface area contributed by atoms with Crippen molar-refractivity contribution in [1.82, 2.24) is 19.6 Å². The summed E-state index contributed by atoms with van der Waals surface area (Å²) < 4.78 is 2.14. The van der Waals surface area contributed by atoms with E-state index in [4.69, 9.17) is 5.10 Å². The molecule has 0 radical (unpaired) electrons. The van der Waals surface area contributed by atoms with Crippen LogP contribution in [0.4, 0.5) is 0 Å². The maximum absolute atomic E-state index is 12.2. The number of hydrogen-bond donors (Lipinski definition) is 0. The molecular weight excluding hydrogens is 288 g/mol. The first kappa shape index (κ1) is 16.2. The predicted octanol–water partition coefficient (Wildman–Crippen LogP) is 2.22. The molecule has 0 aliphatic carbocycles. The van der Waals surface area contributed by atoms with Gasteiger partial charge in [-0.2, -0.15) is 5.10 Å². The summed E-state index contributed by atoms with van der Waals surface area (Å²) in [4.78, 5) is 16.6. The Kier molecular flexibility index (Phi) is 5.49. The molecule has 0 bridgehead atoms. The van der Waals surface area contributed by atoms with E-state index < -0.39 is 0 Å². The molecule has 5 nitrogen and oxygen atoms in total.